The normalized spacial score (nSPS) is 15.0. The Kier molecular flexibility index (Phi) is 43.8. The number of unbranched alkanes of at least 4 members (excludes halogenated alkanes) is 2. The van der Waals surface area contributed by atoms with Gasteiger partial charge in [0.15, 0.2) is 11.9 Å². The van der Waals surface area contributed by atoms with Gasteiger partial charge in [-0.15, -0.1) is 0 Å². The fourth-order valence-electron chi connectivity index (χ4n) is 9.91. The topological polar surface area (TPSA) is 700 Å². The third-order valence-corrected chi connectivity index (χ3v) is 16.2. The number of primary amides is 1. The van der Waals surface area contributed by atoms with E-state index < -0.39 is 167 Å². The first-order chi connectivity index (χ1) is 48.5. The number of aliphatic hydroxyl groups is 1. The average Bonchev–Trinajstić information content (AvgIpc) is 0.859. The number of aliphatic carboxylic acids is 1. The van der Waals surface area contributed by atoms with Crippen molar-refractivity contribution in [2.75, 3.05) is 45.0 Å². The van der Waals surface area contributed by atoms with Gasteiger partial charge in [-0.1, -0.05) is 31.9 Å². The van der Waals surface area contributed by atoms with E-state index in [4.69, 9.17) is 57.3 Å². The van der Waals surface area contributed by atoms with Crippen LogP contribution in [0.4, 0.5) is 0 Å². The number of phenolic OH excluding ortho intramolecular Hbond substituents is 1. The van der Waals surface area contributed by atoms with Gasteiger partial charge in [0.2, 0.25) is 70.9 Å². The molecule has 0 saturated heterocycles. The van der Waals surface area contributed by atoms with E-state index in [1.54, 1.807) is 0 Å². The summed E-state index contributed by atoms with van der Waals surface area (Å²) in [6.07, 6.45) is -1.56. The Labute approximate surface area is 609 Å². The fourth-order valence-corrected chi connectivity index (χ4v) is 10.3. The molecular formula is C62H111N23O16S2. The number of benzene rings is 1. The van der Waals surface area contributed by atoms with Crippen LogP contribution in [-0.2, 0) is 68.7 Å². The summed E-state index contributed by atoms with van der Waals surface area (Å²) < 4.78 is -1.35. The Morgan fingerprint density at radius 2 is 0.835 bits per heavy atom. The highest BCUT2D eigenvalue weighted by Crippen LogP contribution is 2.20. The minimum absolute atomic E-state index is 0.00674. The highest BCUT2D eigenvalue weighted by molar-refractivity contribution is 7.81. The molecule has 582 valence electrons. The lowest BCUT2D eigenvalue weighted by atomic mass is 9.99. The van der Waals surface area contributed by atoms with Crippen molar-refractivity contribution in [2.45, 2.75) is 214 Å². The molecule has 1 aromatic rings. The van der Waals surface area contributed by atoms with E-state index in [-0.39, 0.29) is 140 Å². The van der Waals surface area contributed by atoms with Crippen molar-refractivity contribution in [1.82, 2.24) is 58.5 Å². The van der Waals surface area contributed by atoms with Gasteiger partial charge in [-0.25, -0.2) is 4.79 Å². The zero-order valence-corrected chi connectivity index (χ0v) is 60.6. The van der Waals surface area contributed by atoms with Crippen molar-refractivity contribution in [1.29, 1.82) is 0 Å². The first-order valence-corrected chi connectivity index (χ1v) is 34.9. The second kappa shape index (κ2) is 48.9. The standard InChI is InChI=1S/C62H111N23O16S2/c1-5-6-12-42(59(100)101)81-51(92)39(16-11-28-74-61(71)72)76-49(90)37(14-9-24-64)78-56(97)44(31-102)83-52(93)36(13-7-8-23-63)75-53(94)40(21-25-65)80-57(98)46(32(2)86)84-54(95)41(22-26-66)79-50(91)38(15-10-27-73-60(69)70)77-55(96)43(30-45(68)88)82-58(99)47(62(3,4)103)85-48(89)35(67)29-33-17-19-34(87)20-18-33/h17-20,32,35-44,46-47,86-87,102-103H,5-16,21-31,63-67H2,1-4H3,(H2,68,88)(H,75,94)(H,76,90)(H,77,96)(H,78,97)(H,79,91)(H,80,98)(H,81,92)(H,82,99)(H,83,93)(H,84,95)(H,85,89)(H,100,101)(H4,69,70,73)(H4,71,72,74)/t32-,35+,36+,37+,38+,39+,40-,41+,42+,43+,44+,46+,47-/m1/s1. The van der Waals surface area contributed by atoms with E-state index in [0.717, 1.165) is 6.92 Å². The molecule has 0 aliphatic carbocycles. The monoisotopic (exact) mass is 1500 g/mol. The Balaban J connectivity index is 3.52. The SMILES string of the molecule is CCCC[C@H](NC(=O)[C@H](CCCN=C(N)N)NC(=O)[C@H](CCCN)NC(=O)[C@H](CS)NC(=O)[C@H](CCCCN)NC(=O)[C@@H](CCN)NC(=O)[C@@H](NC(=O)[C@H](CCN)NC(=O)[C@H](CCCN=C(N)N)NC(=O)[C@H](CC(N)=O)NC(=O)[C@@H](NC(=O)[C@@H](N)Cc1ccc(O)cc1)C(C)(C)S)[C@@H](C)O)C(=O)O. The summed E-state index contributed by atoms with van der Waals surface area (Å²) in [4.78, 5) is 186. The third-order valence-electron chi connectivity index (χ3n) is 15.6. The molecule has 39 nitrogen and oxygen atoms in total. The number of hydrogen-bond acceptors (Lipinski definition) is 24. The summed E-state index contributed by atoms with van der Waals surface area (Å²) in [5.41, 5.74) is 57.5. The smallest absolute Gasteiger partial charge is 0.326 e. The molecule has 0 radical (unpaired) electrons. The van der Waals surface area contributed by atoms with Gasteiger partial charge in [-0.3, -0.25) is 67.5 Å². The summed E-state index contributed by atoms with van der Waals surface area (Å²) in [5, 5.41) is 57.7. The van der Waals surface area contributed by atoms with E-state index in [0.29, 0.717) is 24.8 Å². The molecule has 0 saturated carbocycles. The lowest BCUT2D eigenvalue weighted by molar-refractivity contribution is -0.142. The molecule has 0 spiro atoms. The number of carbonyl (C=O) groups excluding carboxylic acids is 12. The van der Waals surface area contributed by atoms with Gasteiger partial charge >= 0.3 is 5.97 Å². The number of carboxylic acid groups (broad SMARTS) is 1. The summed E-state index contributed by atoms with van der Waals surface area (Å²) in [6.45, 7) is 5.54. The molecule has 0 aliphatic heterocycles. The molecule has 0 aromatic heterocycles. The number of carboxylic acids is 1. The van der Waals surface area contributed by atoms with Gasteiger partial charge in [-0.2, -0.15) is 25.3 Å². The van der Waals surface area contributed by atoms with Crippen LogP contribution < -0.4 is 116 Å². The van der Waals surface area contributed by atoms with Crippen LogP contribution in [0.1, 0.15) is 130 Å². The summed E-state index contributed by atoms with van der Waals surface area (Å²) in [6, 6.07) is -12.3. The summed E-state index contributed by atoms with van der Waals surface area (Å²) in [5.74, 6) is -14.2. The number of nitrogens with zero attached hydrogens (tertiary/aromatic N) is 2. The van der Waals surface area contributed by atoms with Crippen molar-refractivity contribution in [3.8, 4) is 5.75 Å². The number of guanidine groups is 2. The molecular weight excluding hydrogens is 1390 g/mol. The maximum atomic E-state index is 14.3. The Morgan fingerprint density at radius 1 is 0.466 bits per heavy atom. The van der Waals surface area contributed by atoms with Gasteiger partial charge in [0.05, 0.1) is 18.6 Å². The van der Waals surface area contributed by atoms with Gasteiger partial charge in [-0.05, 0) is 148 Å². The lowest BCUT2D eigenvalue weighted by Crippen LogP contribution is -2.63. The van der Waals surface area contributed by atoms with Gasteiger partial charge < -0.3 is 131 Å². The van der Waals surface area contributed by atoms with Crippen LogP contribution in [-0.4, -0.2) is 232 Å². The molecule has 0 unspecified atom stereocenters. The molecule has 1 rings (SSSR count). The van der Waals surface area contributed by atoms with Crippen LogP contribution in [0.5, 0.6) is 5.75 Å². The maximum absolute atomic E-state index is 14.3. The van der Waals surface area contributed by atoms with Gasteiger partial charge in [0.25, 0.3) is 0 Å². The second-order valence-corrected chi connectivity index (χ2v) is 26.5. The molecule has 0 bridgehead atoms. The number of rotatable bonds is 52. The van der Waals surface area contributed by atoms with Crippen LogP contribution in [0.15, 0.2) is 34.3 Å². The van der Waals surface area contributed by atoms with Gasteiger partial charge in [0, 0.05) is 23.6 Å². The minimum Gasteiger partial charge on any atom is -0.508 e. The molecule has 0 heterocycles. The molecule has 41 heteroatoms. The van der Waals surface area contributed by atoms with Crippen LogP contribution in [0.2, 0.25) is 0 Å². The highest BCUT2D eigenvalue weighted by Gasteiger charge is 2.40. The zero-order chi connectivity index (χ0) is 78.1. The highest BCUT2D eigenvalue weighted by atomic mass is 32.1. The molecule has 12 amide bonds. The second-order valence-electron chi connectivity index (χ2n) is 25.0. The van der Waals surface area contributed by atoms with Crippen LogP contribution >= 0.6 is 25.3 Å². The van der Waals surface area contributed by atoms with Crippen LogP contribution in [0.3, 0.4) is 0 Å². The fraction of sp³-hybridized carbons (Fsp3) is 0.661. The molecule has 34 N–H and O–H groups in total. The predicted octanol–water partition coefficient (Wildman–Crippen LogP) is -8.56. The Bertz CT molecular complexity index is 2990. The number of aliphatic imine (C=N–C) groups is 2. The number of phenols is 1. The van der Waals surface area contributed by atoms with Crippen LogP contribution in [0, 0.1) is 0 Å². The van der Waals surface area contributed by atoms with Crippen LogP contribution in [0.25, 0.3) is 0 Å². The van der Waals surface area contributed by atoms with Gasteiger partial charge in [0.1, 0.15) is 72.2 Å². The van der Waals surface area contributed by atoms with Crippen molar-refractivity contribution in [3.63, 3.8) is 0 Å². The predicted molar refractivity (Wildman–Crippen MR) is 389 cm³/mol. The van der Waals surface area contributed by atoms with Crippen molar-refractivity contribution in [2.24, 2.45) is 67.3 Å². The van der Waals surface area contributed by atoms with Crippen molar-refractivity contribution < 1.29 is 77.6 Å². The number of hydrogen-bond donors (Lipinski definition) is 26. The largest absolute Gasteiger partial charge is 0.508 e. The zero-order valence-electron chi connectivity index (χ0n) is 58.8. The molecule has 0 aliphatic rings. The Hall–Kier alpha value is -8.87. The third kappa shape index (κ3) is 36.2. The van der Waals surface area contributed by atoms with Crippen molar-refractivity contribution >= 4 is 114 Å². The number of aromatic hydroxyl groups is 1. The Morgan fingerprint density at radius 3 is 1.22 bits per heavy atom. The molecule has 1 aromatic carbocycles. The molecule has 0 fully saturated rings. The maximum Gasteiger partial charge on any atom is 0.326 e. The number of nitrogens with one attached hydrogen (secondary N) is 11. The van der Waals surface area contributed by atoms with E-state index in [1.807, 2.05) is 6.92 Å². The number of amides is 12. The average molecular weight is 1500 g/mol. The first kappa shape index (κ1) is 92.1. The molecule has 13 atom stereocenters. The van der Waals surface area contributed by atoms with Crippen molar-refractivity contribution in [3.05, 3.63) is 29.8 Å². The van der Waals surface area contributed by atoms with E-state index in [1.165, 1.54) is 38.1 Å². The summed E-state index contributed by atoms with van der Waals surface area (Å²) in [7, 11) is 0. The minimum atomic E-state index is -1.88. The van der Waals surface area contributed by atoms with E-state index in [2.05, 4.69) is 93.7 Å². The van der Waals surface area contributed by atoms with E-state index in [9.17, 15) is 77.6 Å². The first-order valence-electron chi connectivity index (χ1n) is 33.8. The number of carbonyl (C=O) groups is 13. The summed E-state index contributed by atoms with van der Waals surface area (Å²) >= 11 is 8.76. The molecule has 103 heavy (non-hydrogen) atoms. The quantitative estimate of drug-likeness (QED) is 0.0125. The number of aliphatic hydroxyl groups excluding tert-OH is 1. The lowest BCUT2D eigenvalue weighted by Gasteiger charge is -2.32. The number of thiol groups is 2. The number of nitrogens with two attached hydrogens (primary N) is 10. The van der Waals surface area contributed by atoms with E-state index >= 15 is 0 Å².